The fourth-order valence-corrected chi connectivity index (χ4v) is 5.16. The van der Waals surface area contributed by atoms with Gasteiger partial charge in [-0.3, -0.25) is 10.1 Å². The van der Waals surface area contributed by atoms with Crippen LogP contribution in [0.25, 0.3) is 11.1 Å². The van der Waals surface area contributed by atoms with Crippen molar-refractivity contribution in [1.82, 2.24) is 5.32 Å². The monoisotopic (exact) mass is 510 g/mol. The highest BCUT2D eigenvalue weighted by atomic mass is 32.1. The van der Waals surface area contributed by atoms with Crippen molar-refractivity contribution >= 4 is 45.5 Å². The lowest BCUT2D eigenvalue weighted by Gasteiger charge is -2.13. The molecule has 0 fully saturated rings. The number of rotatable bonds is 8. The molecule has 0 bridgehead atoms. The standard InChI is InChI=1S/C27H30N2O4S2/c1-6-32-26(31)24-23(19-10-8-7-9-11-19)18(5)35-25(24)29-27(34)28-22(30)15-33-20-12-13-21(16(2)3)17(4)14-20/h7-14,16H,6,15H2,1-5H3,(H2,28,29,30,34). The number of thiocarbonyl (C=S) groups is 1. The van der Waals surface area contributed by atoms with E-state index in [0.29, 0.717) is 22.2 Å². The van der Waals surface area contributed by atoms with Crippen molar-refractivity contribution in [3.05, 3.63) is 70.1 Å². The van der Waals surface area contributed by atoms with E-state index in [2.05, 4.69) is 24.5 Å². The SMILES string of the molecule is CCOC(=O)c1c(NC(=S)NC(=O)COc2ccc(C(C)C)c(C)c2)sc(C)c1-c1ccccc1. The third-order valence-electron chi connectivity index (χ3n) is 5.34. The molecule has 1 aromatic heterocycles. The molecule has 0 saturated heterocycles. The number of hydrogen-bond acceptors (Lipinski definition) is 6. The van der Waals surface area contributed by atoms with Crippen LogP contribution in [-0.4, -0.2) is 30.2 Å². The molecule has 8 heteroatoms. The molecule has 35 heavy (non-hydrogen) atoms. The summed E-state index contributed by atoms with van der Waals surface area (Å²) in [5.74, 6) is 0.184. The van der Waals surface area contributed by atoms with Crippen molar-refractivity contribution in [2.24, 2.45) is 0 Å². The van der Waals surface area contributed by atoms with Crippen molar-refractivity contribution in [3.8, 4) is 16.9 Å². The van der Waals surface area contributed by atoms with Gasteiger partial charge in [0.05, 0.1) is 6.61 Å². The average molecular weight is 511 g/mol. The summed E-state index contributed by atoms with van der Waals surface area (Å²) in [4.78, 5) is 26.2. The minimum absolute atomic E-state index is 0.0800. The van der Waals surface area contributed by atoms with Gasteiger partial charge >= 0.3 is 5.97 Å². The molecule has 0 spiro atoms. The second kappa shape index (κ2) is 12.0. The smallest absolute Gasteiger partial charge is 0.341 e. The minimum atomic E-state index is -0.448. The molecule has 0 aliphatic rings. The zero-order chi connectivity index (χ0) is 25.5. The van der Waals surface area contributed by atoms with Gasteiger partial charge in [0.1, 0.15) is 16.3 Å². The Morgan fingerprint density at radius 1 is 1.09 bits per heavy atom. The van der Waals surface area contributed by atoms with Crippen molar-refractivity contribution in [2.45, 2.75) is 40.5 Å². The van der Waals surface area contributed by atoms with Crippen LogP contribution in [0.5, 0.6) is 5.75 Å². The number of benzene rings is 2. The van der Waals surface area contributed by atoms with Crippen LogP contribution in [0.3, 0.4) is 0 Å². The van der Waals surface area contributed by atoms with Crippen molar-refractivity contribution in [2.75, 3.05) is 18.5 Å². The first-order chi connectivity index (χ1) is 16.7. The Kier molecular flexibility index (Phi) is 9.01. The summed E-state index contributed by atoms with van der Waals surface area (Å²) in [5, 5.41) is 6.22. The number of thiophene rings is 1. The predicted octanol–water partition coefficient (Wildman–Crippen LogP) is 6.22. The van der Waals surface area contributed by atoms with Gasteiger partial charge in [0, 0.05) is 10.4 Å². The maximum Gasteiger partial charge on any atom is 0.341 e. The first-order valence-electron chi connectivity index (χ1n) is 11.4. The number of carbonyl (C=O) groups is 2. The average Bonchev–Trinajstić information content (AvgIpc) is 3.13. The zero-order valence-electron chi connectivity index (χ0n) is 20.6. The van der Waals surface area contributed by atoms with Crippen LogP contribution in [0.15, 0.2) is 48.5 Å². The van der Waals surface area contributed by atoms with Gasteiger partial charge in [0.2, 0.25) is 0 Å². The van der Waals surface area contributed by atoms with Crippen LogP contribution in [0.2, 0.25) is 0 Å². The summed E-state index contributed by atoms with van der Waals surface area (Å²) in [6.45, 7) is 10.0. The molecule has 1 amide bonds. The van der Waals surface area contributed by atoms with E-state index in [-0.39, 0.29) is 18.3 Å². The Morgan fingerprint density at radius 3 is 2.43 bits per heavy atom. The van der Waals surface area contributed by atoms with E-state index in [9.17, 15) is 9.59 Å². The Labute approximate surface area is 215 Å². The first kappa shape index (κ1) is 26.4. The lowest BCUT2D eigenvalue weighted by molar-refractivity contribution is -0.121. The molecule has 184 valence electrons. The lowest BCUT2D eigenvalue weighted by Crippen LogP contribution is -2.37. The van der Waals surface area contributed by atoms with Gasteiger partial charge in [-0.15, -0.1) is 11.3 Å². The molecular weight excluding hydrogens is 480 g/mol. The lowest BCUT2D eigenvalue weighted by atomic mass is 9.98. The van der Waals surface area contributed by atoms with Gasteiger partial charge in [0.15, 0.2) is 11.7 Å². The molecule has 0 radical (unpaired) electrons. The maximum atomic E-state index is 12.8. The van der Waals surface area contributed by atoms with E-state index in [1.807, 2.05) is 62.4 Å². The van der Waals surface area contributed by atoms with Gasteiger partial charge in [0.25, 0.3) is 5.91 Å². The predicted molar refractivity (Wildman–Crippen MR) is 146 cm³/mol. The number of nitrogens with one attached hydrogen (secondary N) is 2. The molecule has 1 heterocycles. The largest absolute Gasteiger partial charge is 0.484 e. The molecule has 0 saturated carbocycles. The molecule has 0 aliphatic heterocycles. The molecule has 3 aromatic rings. The fourth-order valence-electron chi connectivity index (χ4n) is 3.81. The van der Waals surface area contributed by atoms with E-state index in [1.54, 1.807) is 6.92 Å². The summed E-state index contributed by atoms with van der Waals surface area (Å²) in [5.41, 5.74) is 4.44. The molecule has 3 rings (SSSR count). The summed E-state index contributed by atoms with van der Waals surface area (Å²) >= 11 is 6.72. The van der Waals surface area contributed by atoms with E-state index in [1.165, 1.54) is 16.9 Å². The van der Waals surface area contributed by atoms with Gasteiger partial charge in [-0.05, 0) is 67.7 Å². The Bertz CT molecular complexity index is 1220. The Hall–Kier alpha value is -3.23. The van der Waals surface area contributed by atoms with Crippen molar-refractivity contribution in [3.63, 3.8) is 0 Å². The summed E-state index contributed by atoms with van der Waals surface area (Å²) in [7, 11) is 0. The number of aryl methyl sites for hydroxylation is 2. The fraction of sp³-hybridized carbons (Fsp3) is 0.296. The van der Waals surface area contributed by atoms with Crippen LogP contribution in [0.1, 0.15) is 53.1 Å². The maximum absolute atomic E-state index is 12.8. The van der Waals surface area contributed by atoms with Gasteiger partial charge in [-0.25, -0.2) is 4.79 Å². The van der Waals surface area contributed by atoms with Crippen LogP contribution in [0.4, 0.5) is 5.00 Å². The van der Waals surface area contributed by atoms with E-state index >= 15 is 0 Å². The highest BCUT2D eigenvalue weighted by molar-refractivity contribution is 7.80. The quantitative estimate of drug-likeness (QED) is 0.277. The molecule has 2 N–H and O–H groups in total. The Balaban J connectivity index is 1.70. The summed E-state index contributed by atoms with van der Waals surface area (Å²) in [6, 6.07) is 15.4. The molecule has 0 aliphatic carbocycles. The number of anilines is 1. The third-order valence-corrected chi connectivity index (χ3v) is 6.56. The molecule has 0 atom stereocenters. The molecule has 2 aromatic carbocycles. The second-order valence-electron chi connectivity index (χ2n) is 8.29. The van der Waals surface area contributed by atoms with Crippen molar-refractivity contribution in [1.29, 1.82) is 0 Å². The van der Waals surface area contributed by atoms with Crippen molar-refractivity contribution < 1.29 is 19.1 Å². The highest BCUT2D eigenvalue weighted by Gasteiger charge is 2.25. The first-order valence-corrected chi connectivity index (χ1v) is 12.6. The molecular formula is C27H30N2O4S2. The Morgan fingerprint density at radius 2 is 1.80 bits per heavy atom. The number of hydrogen-bond donors (Lipinski definition) is 2. The van der Waals surface area contributed by atoms with Crippen LogP contribution >= 0.6 is 23.6 Å². The molecule has 6 nitrogen and oxygen atoms in total. The zero-order valence-corrected chi connectivity index (χ0v) is 22.2. The number of amides is 1. The number of ether oxygens (including phenoxy) is 2. The van der Waals surface area contributed by atoms with Gasteiger partial charge < -0.3 is 14.8 Å². The number of esters is 1. The third kappa shape index (κ3) is 6.68. The summed E-state index contributed by atoms with van der Waals surface area (Å²) < 4.78 is 10.9. The topological polar surface area (TPSA) is 76.7 Å². The van der Waals surface area contributed by atoms with Crippen LogP contribution in [0, 0.1) is 13.8 Å². The summed E-state index contributed by atoms with van der Waals surface area (Å²) in [6.07, 6.45) is 0. The van der Waals surface area contributed by atoms with E-state index < -0.39 is 11.9 Å². The highest BCUT2D eigenvalue weighted by Crippen LogP contribution is 2.40. The number of carbonyl (C=O) groups excluding carboxylic acids is 2. The minimum Gasteiger partial charge on any atom is -0.484 e. The van der Waals surface area contributed by atoms with E-state index in [0.717, 1.165) is 21.6 Å². The normalized spacial score (nSPS) is 10.7. The van der Waals surface area contributed by atoms with Crippen LogP contribution in [-0.2, 0) is 9.53 Å². The van der Waals surface area contributed by atoms with Gasteiger partial charge in [-0.1, -0.05) is 50.2 Å². The molecule has 0 unspecified atom stereocenters. The van der Waals surface area contributed by atoms with Gasteiger partial charge in [-0.2, -0.15) is 0 Å². The van der Waals surface area contributed by atoms with Crippen LogP contribution < -0.4 is 15.4 Å². The van der Waals surface area contributed by atoms with E-state index in [4.69, 9.17) is 21.7 Å². The second-order valence-corrected chi connectivity index (χ2v) is 9.92.